The summed E-state index contributed by atoms with van der Waals surface area (Å²) in [5, 5.41) is 15.4. The second kappa shape index (κ2) is 7.67. The summed E-state index contributed by atoms with van der Waals surface area (Å²) >= 11 is 0. The van der Waals surface area contributed by atoms with E-state index in [1.165, 1.54) is 6.33 Å². The highest BCUT2D eigenvalue weighted by molar-refractivity contribution is 5.63. The molecule has 1 aromatic heterocycles. The van der Waals surface area contributed by atoms with Gasteiger partial charge in [0.05, 0.1) is 26.4 Å². The van der Waals surface area contributed by atoms with Gasteiger partial charge in [-0.15, -0.1) is 0 Å². The first-order chi connectivity index (χ1) is 8.76. The SMILES string of the molecule is CCNc1ncnc(NC(CO)COC)c1OC. The highest BCUT2D eigenvalue weighted by atomic mass is 16.5. The van der Waals surface area contributed by atoms with Crippen LogP contribution in [0.5, 0.6) is 5.75 Å². The van der Waals surface area contributed by atoms with E-state index in [1.54, 1.807) is 14.2 Å². The highest BCUT2D eigenvalue weighted by Crippen LogP contribution is 2.29. The number of nitrogens with one attached hydrogen (secondary N) is 2. The summed E-state index contributed by atoms with van der Waals surface area (Å²) in [6.07, 6.45) is 1.43. The number of ether oxygens (including phenoxy) is 2. The summed E-state index contributed by atoms with van der Waals surface area (Å²) in [4.78, 5) is 8.21. The van der Waals surface area contributed by atoms with Crippen molar-refractivity contribution >= 4 is 11.6 Å². The van der Waals surface area contributed by atoms with E-state index in [1.807, 2.05) is 6.92 Å². The van der Waals surface area contributed by atoms with Gasteiger partial charge in [-0.05, 0) is 6.92 Å². The lowest BCUT2D eigenvalue weighted by Crippen LogP contribution is -2.29. The minimum atomic E-state index is -0.242. The minimum absolute atomic E-state index is 0.0580. The van der Waals surface area contributed by atoms with Crippen molar-refractivity contribution in [1.82, 2.24) is 9.97 Å². The Balaban J connectivity index is 2.89. The zero-order valence-corrected chi connectivity index (χ0v) is 10.9. The fraction of sp³-hybridized carbons (Fsp3) is 0.636. The van der Waals surface area contributed by atoms with E-state index < -0.39 is 0 Å². The predicted molar refractivity (Wildman–Crippen MR) is 69.1 cm³/mol. The molecule has 0 saturated heterocycles. The Labute approximate surface area is 107 Å². The molecule has 0 aromatic carbocycles. The van der Waals surface area contributed by atoms with Crippen LogP contribution in [0.25, 0.3) is 0 Å². The van der Waals surface area contributed by atoms with Gasteiger partial charge < -0.3 is 25.2 Å². The van der Waals surface area contributed by atoms with Crippen LogP contribution < -0.4 is 15.4 Å². The van der Waals surface area contributed by atoms with Crippen molar-refractivity contribution in [3.8, 4) is 5.75 Å². The third-order valence-electron chi connectivity index (χ3n) is 2.28. The fourth-order valence-corrected chi connectivity index (χ4v) is 1.50. The molecule has 1 atom stereocenters. The standard InChI is InChI=1S/C11H20N4O3/c1-4-12-10-9(18-3)11(14-7-13-10)15-8(5-16)6-17-2/h7-8,16H,4-6H2,1-3H3,(H2,12,13,14,15). The molecule has 7 nitrogen and oxygen atoms in total. The van der Waals surface area contributed by atoms with Gasteiger partial charge in [-0.25, -0.2) is 9.97 Å². The van der Waals surface area contributed by atoms with E-state index in [2.05, 4.69) is 20.6 Å². The Morgan fingerprint density at radius 3 is 2.61 bits per heavy atom. The zero-order valence-electron chi connectivity index (χ0n) is 10.9. The molecule has 0 fully saturated rings. The lowest BCUT2D eigenvalue weighted by Gasteiger charge is -2.18. The smallest absolute Gasteiger partial charge is 0.204 e. The van der Waals surface area contributed by atoms with Gasteiger partial charge in [0.2, 0.25) is 5.75 Å². The number of hydrogen-bond acceptors (Lipinski definition) is 7. The molecule has 18 heavy (non-hydrogen) atoms. The van der Waals surface area contributed by atoms with Gasteiger partial charge >= 0.3 is 0 Å². The number of aromatic nitrogens is 2. The quantitative estimate of drug-likeness (QED) is 0.618. The Kier molecular flexibility index (Phi) is 6.16. The van der Waals surface area contributed by atoms with E-state index in [0.29, 0.717) is 24.0 Å². The van der Waals surface area contributed by atoms with Gasteiger partial charge in [-0.2, -0.15) is 0 Å². The lowest BCUT2D eigenvalue weighted by atomic mass is 10.3. The Bertz CT molecular complexity index is 362. The normalized spacial score (nSPS) is 12.0. The molecule has 3 N–H and O–H groups in total. The molecular formula is C11H20N4O3. The Hall–Kier alpha value is -1.60. The molecule has 7 heteroatoms. The van der Waals surface area contributed by atoms with Gasteiger partial charge in [0.25, 0.3) is 0 Å². The fourth-order valence-electron chi connectivity index (χ4n) is 1.50. The van der Waals surface area contributed by atoms with Crippen LogP contribution in [0, 0.1) is 0 Å². The highest BCUT2D eigenvalue weighted by Gasteiger charge is 2.15. The van der Waals surface area contributed by atoms with Gasteiger partial charge in [0, 0.05) is 13.7 Å². The Morgan fingerprint density at radius 1 is 1.33 bits per heavy atom. The average molecular weight is 256 g/mol. The number of nitrogens with zero attached hydrogens (tertiary/aromatic N) is 2. The maximum Gasteiger partial charge on any atom is 0.204 e. The molecule has 1 aromatic rings. The maximum atomic E-state index is 9.21. The molecule has 1 rings (SSSR count). The van der Waals surface area contributed by atoms with Gasteiger partial charge in [-0.3, -0.25) is 0 Å². The van der Waals surface area contributed by atoms with E-state index in [4.69, 9.17) is 9.47 Å². The largest absolute Gasteiger partial charge is 0.490 e. The van der Waals surface area contributed by atoms with Gasteiger partial charge in [-0.1, -0.05) is 0 Å². The molecule has 0 aliphatic carbocycles. The second-order valence-electron chi connectivity index (χ2n) is 3.61. The van der Waals surface area contributed by atoms with Crippen LogP contribution in [0.2, 0.25) is 0 Å². The maximum absolute atomic E-state index is 9.21. The molecule has 0 amide bonds. The summed E-state index contributed by atoms with van der Waals surface area (Å²) in [6, 6.07) is -0.242. The number of aliphatic hydroxyl groups is 1. The third-order valence-corrected chi connectivity index (χ3v) is 2.28. The van der Waals surface area contributed by atoms with Crippen molar-refractivity contribution in [3.05, 3.63) is 6.33 Å². The van der Waals surface area contributed by atoms with Crippen LogP contribution in [0.4, 0.5) is 11.6 Å². The summed E-state index contributed by atoms with van der Waals surface area (Å²) in [5.41, 5.74) is 0. The number of methoxy groups -OCH3 is 2. The third kappa shape index (κ3) is 3.71. The summed E-state index contributed by atoms with van der Waals surface area (Å²) < 4.78 is 10.3. The first-order valence-corrected chi connectivity index (χ1v) is 5.75. The summed E-state index contributed by atoms with van der Waals surface area (Å²) in [5.74, 6) is 1.67. The van der Waals surface area contributed by atoms with E-state index >= 15 is 0 Å². The van der Waals surface area contributed by atoms with Crippen LogP contribution in [-0.4, -0.2) is 55.1 Å². The molecule has 0 spiro atoms. The second-order valence-corrected chi connectivity index (χ2v) is 3.61. The van der Waals surface area contributed by atoms with Crippen LogP contribution in [0.1, 0.15) is 6.92 Å². The number of aliphatic hydroxyl groups excluding tert-OH is 1. The molecular weight excluding hydrogens is 236 g/mol. The van der Waals surface area contributed by atoms with Crippen molar-refractivity contribution < 1.29 is 14.6 Å². The van der Waals surface area contributed by atoms with Crippen LogP contribution in [-0.2, 0) is 4.74 Å². The van der Waals surface area contributed by atoms with E-state index in [0.717, 1.165) is 6.54 Å². The molecule has 0 radical (unpaired) electrons. The molecule has 0 aliphatic rings. The average Bonchev–Trinajstić information content (AvgIpc) is 2.39. The van der Waals surface area contributed by atoms with Gasteiger partial charge in [0.15, 0.2) is 11.6 Å². The summed E-state index contributed by atoms with van der Waals surface area (Å²) in [7, 11) is 3.13. The van der Waals surface area contributed by atoms with Crippen molar-refractivity contribution in [1.29, 1.82) is 0 Å². The predicted octanol–water partition coefficient (Wildman–Crippen LogP) is 0.336. The molecule has 0 bridgehead atoms. The first kappa shape index (κ1) is 14.5. The molecule has 1 unspecified atom stereocenters. The number of anilines is 2. The van der Waals surface area contributed by atoms with Crippen LogP contribution >= 0.6 is 0 Å². The number of rotatable bonds is 8. The van der Waals surface area contributed by atoms with Crippen LogP contribution in [0.3, 0.4) is 0 Å². The van der Waals surface area contributed by atoms with Crippen molar-refractivity contribution in [2.24, 2.45) is 0 Å². The minimum Gasteiger partial charge on any atom is -0.490 e. The molecule has 0 saturated carbocycles. The molecule has 1 heterocycles. The number of hydrogen-bond donors (Lipinski definition) is 3. The van der Waals surface area contributed by atoms with Crippen molar-refractivity contribution in [3.63, 3.8) is 0 Å². The monoisotopic (exact) mass is 256 g/mol. The lowest BCUT2D eigenvalue weighted by molar-refractivity contribution is 0.153. The van der Waals surface area contributed by atoms with Crippen molar-refractivity contribution in [2.75, 3.05) is 44.6 Å². The van der Waals surface area contributed by atoms with Gasteiger partial charge in [0.1, 0.15) is 6.33 Å². The molecule has 102 valence electrons. The topological polar surface area (TPSA) is 88.5 Å². The van der Waals surface area contributed by atoms with Crippen LogP contribution in [0.15, 0.2) is 6.33 Å². The first-order valence-electron chi connectivity index (χ1n) is 5.75. The summed E-state index contributed by atoms with van der Waals surface area (Å²) in [6.45, 7) is 3.02. The zero-order chi connectivity index (χ0) is 13.4. The van der Waals surface area contributed by atoms with E-state index in [-0.39, 0.29) is 12.6 Å². The molecule has 0 aliphatic heterocycles. The Morgan fingerprint density at radius 2 is 2.06 bits per heavy atom. The van der Waals surface area contributed by atoms with Crippen molar-refractivity contribution in [2.45, 2.75) is 13.0 Å². The van der Waals surface area contributed by atoms with E-state index in [9.17, 15) is 5.11 Å².